The molecule has 1 aromatic heterocycles. The number of hydrogen-bond donors (Lipinski definition) is 3. The van der Waals surface area contributed by atoms with Crippen LogP contribution in [-0.2, 0) is 28.0 Å². The Balaban J connectivity index is 1.53. The Hall–Kier alpha value is -2.91. The van der Waals surface area contributed by atoms with Crippen molar-refractivity contribution in [3.05, 3.63) is 50.9 Å². The minimum absolute atomic E-state index is 0.318. The Labute approximate surface area is 181 Å². The second kappa shape index (κ2) is 7.41. The molecule has 5 amide bonds. The molecule has 1 atom stereocenters. The number of carbonyl (C=O) groups excluding carboxylic acids is 4. The Morgan fingerprint density at radius 3 is 2.73 bits per heavy atom. The van der Waals surface area contributed by atoms with Crippen molar-refractivity contribution in [2.75, 3.05) is 11.9 Å². The Kier molecular flexibility index (Phi) is 5.03. The van der Waals surface area contributed by atoms with E-state index in [1.165, 1.54) is 11.3 Å². The van der Waals surface area contributed by atoms with Crippen LogP contribution in [0.3, 0.4) is 0 Å². The fraction of sp³-hybridized carbons (Fsp3) is 0.300. The second-order valence-corrected chi connectivity index (χ2v) is 8.91. The quantitative estimate of drug-likeness (QED) is 0.610. The van der Waals surface area contributed by atoms with Crippen molar-refractivity contribution >= 4 is 51.7 Å². The number of benzene rings is 1. The summed E-state index contributed by atoms with van der Waals surface area (Å²) in [5, 5.41) is 5.96. The number of rotatable bonds is 5. The third-order valence-corrected chi connectivity index (χ3v) is 6.95. The molecule has 4 N–H and O–H groups in total. The first kappa shape index (κ1) is 20.4. The maximum absolute atomic E-state index is 13.0. The van der Waals surface area contributed by atoms with Crippen LogP contribution >= 0.6 is 22.9 Å². The summed E-state index contributed by atoms with van der Waals surface area (Å²) in [6.45, 7) is 1.05. The highest BCUT2D eigenvalue weighted by Gasteiger charge is 2.50. The van der Waals surface area contributed by atoms with E-state index < -0.39 is 35.8 Å². The average Bonchev–Trinajstić information content (AvgIpc) is 3.31. The van der Waals surface area contributed by atoms with Crippen molar-refractivity contribution in [3.8, 4) is 0 Å². The number of imide groups is 1. The van der Waals surface area contributed by atoms with E-state index in [1.807, 2.05) is 0 Å². The van der Waals surface area contributed by atoms with E-state index in [0.717, 1.165) is 34.6 Å². The van der Waals surface area contributed by atoms with Crippen LogP contribution in [0.25, 0.3) is 0 Å². The first-order valence-electron chi connectivity index (χ1n) is 9.35. The normalized spacial score (nSPS) is 20.3. The Morgan fingerprint density at radius 2 is 2.03 bits per heavy atom. The van der Waals surface area contributed by atoms with Crippen LogP contribution in [0.4, 0.5) is 9.80 Å². The molecule has 2 heterocycles. The number of aryl methyl sites for hydroxylation is 1. The molecule has 10 heteroatoms. The first-order valence-corrected chi connectivity index (χ1v) is 10.5. The minimum Gasteiger partial charge on any atom is -0.365 e. The first-order chi connectivity index (χ1) is 14.2. The van der Waals surface area contributed by atoms with Crippen LogP contribution in [0.5, 0.6) is 0 Å². The van der Waals surface area contributed by atoms with E-state index in [-0.39, 0.29) is 0 Å². The van der Waals surface area contributed by atoms with Crippen molar-refractivity contribution < 1.29 is 19.2 Å². The van der Waals surface area contributed by atoms with Gasteiger partial charge in [-0.05, 0) is 37.8 Å². The zero-order valence-electron chi connectivity index (χ0n) is 16.1. The highest BCUT2D eigenvalue weighted by molar-refractivity contribution is 7.17. The van der Waals surface area contributed by atoms with Crippen LogP contribution in [-0.4, -0.2) is 35.2 Å². The van der Waals surface area contributed by atoms with Gasteiger partial charge in [0.2, 0.25) is 5.91 Å². The molecule has 1 aromatic carbocycles. The number of nitrogens with zero attached hydrogens (tertiary/aromatic N) is 1. The van der Waals surface area contributed by atoms with Gasteiger partial charge in [0, 0.05) is 15.5 Å². The summed E-state index contributed by atoms with van der Waals surface area (Å²) in [7, 11) is 0. The number of amides is 5. The van der Waals surface area contributed by atoms with Gasteiger partial charge in [0.15, 0.2) is 0 Å². The van der Waals surface area contributed by atoms with Crippen molar-refractivity contribution in [3.63, 3.8) is 0 Å². The summed E-state index contributed by atoms with van der Waals surface area (Å²) in [5.41, 5.74) is 5.77. The van der Waals surface area contributed by atoms with E-state index in [0.29, 0.717) is 21.2 Å². The fourth-order valence-electron chi connectivity index (χ4n) is 3.95. The summed E-state index contributed by atoms with van der Waals surface area (Å²) < 4.78 is 0. The van der Waals surface area contributed by atoms with Crippen LogP contribution in [0.15, 0.2) is 24.3 Å². The predicted molar refractivity (Wildman–Crippen MR) is 113 cm³/mol. The molecule has 30 heavy (non-hydrogen) atoms. The molecule has 8 nitrogen and oxygen atoms in total. The van der Waals surface area contributed by atoms with Gasteiger partial charge < -0.3 is 16.4 Å². The van der Waals surface area contributed by atoms with E-state index in [2.05, 4.69) is 10.6 Å². The van der Waals surface area contributed by atoms with Gasteiger partial charge in [0.25, 0.3) is 11.8 Å². The van der Waals surface area contributed by atoms with Gasteiger partial charge in [0.1, 0.15) is 17.1 Å². The molecular weight excluding hydrogens is 428 g/mol. The van der Waals surface area contributed by atoms with Gasteiger partial charge in [-0.15, -0.1) is 11.3 Å². The lowest BCUT2D eigenvalue weighted by atomic mass is 9.92. The molecule has 156 valence electrons. The molecule has 4 rings (SSSR count). The third kappa shape index (κ3) is 3.23. The van der Waals surface area contributed by atoms with Gasteiger partial charge >= 0.3 is 6.03 Å². The zero-order valence-corrected chi connectivity index (χ0v) is 17.7. The lowest BCUT2D eigenvalue weighted by molar-refractivity contribution is -0.133. The van der Waals surface area contributed by atoms with Gasteiger partial charge in [-0.1, -0.05) is 29.8 Å². The van der Waals surface area contributed by atoms with E-state index in [4.69, 9.17) is 17.3 Å². The molecule has 1 saturated heterocycles. The van der Waals surface area contributed by atoms with Crippen molar-refractivity contribution in [1.82, 2.24) is 10.2 Å². The number of nitrogens with two attached hydrogens (primary N) is 1. The highest BCUT2D eigenvalue weighted by atomic mass is 35.5. The summed E-state index contributed by atoms with van der Waals surface area (Å²) in [5.74, 6) is -1.78. The van der Waals surface area contributed by atoms with Gasteiger partial charge in [-0.2, -0.15) is 0 Å². The smallest absolute Gasteiger partial charge is 0.325 e. The molecule has 0 radical (unpaired) electrons. The van der Waals surface area contributed by atoms with Crippen LogP contribution in [0.2, 0.25) is 5.02 Å². The molecule has 1 aliphatic heterocycles. The number of thiophene rings is 1. The summed E-state index contributed by atoms with van der Waals surface area (Å²) in [6, 6.07) is 6.01. The highest BCUT2D eigenvalue weighted by Crippen LogP contribution is 2.39. The monoisotopic (exact) mass is 446 g/mol. The van der Waals surface area contributed by atoms with Gasteiger partial charge in [0.05, 0.1) is 5.56 Å². The number of anilines is 1. The molecule has 1 fully saturated rings. The summed E-state index contributed by atoms with van der Waals surface area (Å²) in [4.78, 5) is 51.8. The molecular formula is C20H19ClN4O4S. The maximum atomic E-state index is 13.0. The number of nitrogens with one attached hydrogen (secondary N) is 2. The minimum atomic E-state index is -1.38. The Bertz CT molecular complexity index is 1100. The van der Waals surface area contributed by atoms with E-state index in [9.17, 15) is 19.2 Å². The largest absolute Gasteiger partial charge is 0.365 e. The van der Waals surface area contributed by atoms with Crippen LogP contribution in [0.1, 0.15) is 39.7 Å². The number of primary amides is 1. The third-order valence-electron chi connectivity index (χ3n) is 5.41. The molecule has 1 aliphatic carbocycles. The number of fused-ring (bicyclic) bond motifs is 1. The second-order valence-electron chi connectivity index (χ2n) is 7.40. The molecule has 0 saturated carbocycles. The summed E-state index contributed by atoms with van der Waals surface area (Å²) >= 11 is 7.52. The topological polar surface area (TPSA) is 122 Å². The predicted octanol–water partition coefficient (Wildman–Crippen LogP) is 2.39. The number of carbonyl (C=O) groups is 4. The Morgan fingerprint density at radius 1 is 1.30 bits per heavy atom. The van der Waals surface area contributed by atoms with Gasteiger partial charge in [-0.25, -0.2) is 4.79 Å². The SMILES string of the molecule is C[C@]1(c2ccccc2Cl)NC(=O)N(CC(=O)Nc2sc3c(c2C(N)=O)CCC3)C1=O. The molecule has 2 aromatic rings. The number of urea groups is 1. The number of hydrogen-bond acceptors (Lipinski definition) is 5. The maximum Gasteiger partial charge on any atom is 0.325 e. The molecule has 0 bridgehead atoms. The lowest BCUT2D eigenvalue weighted by Gasteiger charge is -2.23. The summed E-state index contributed by atoms with van der Waals surface area (Å²) in [6.07, 6.45) is 2.52. The van der Waals surface area contributed by atoms with Crippen molar-refractivity contribution in [1.29, 1.82) is 0 Å². The van der Waals surface area contributed by atoms with Crippen molar-refractivity contribution in [2.45, 2.75) is 31.7 Å². The lowest BCUT2D eigenvalue weighted by Crippen LogP contribution is -2.42. The molecule has 2 aliphatic rings. The van der Waals surface area contributed by atoms with E-state index in [1.54, 1.807) is 31.2 Å². The fourth-order valence-corrected chi connectivity index (χ4v) is 5.59. The molecule has 0 unspecified atom stereocenters. The standard InChI is InChI=1S/C20H19ClN4O4S/c1-20(11-6-2-3-7-12(11)21)18(28)25(19(29)24-20)9-14(26)23-17-15(16(22)27)10-5-4-8-13(10)30-17/h2-3,6-7H,4-5,8-9H2,1H3,(H2,22,27)(H,23,26)(H,24,29)/t20-/m1/s1. The zero-order chi connectivity index (χ0) is 21.6. The van der Waals surface area contributed by atoms with Gasteiger partial charge in [-0.3, -0.25) is 19.3 Å². The van der Waals surface area contributed by atoms with Crippen LogP contribution < -0.4 is 16.4 Å². The average molecular weight is 447 g/mol. The molecule has 0 spiro atoms. The van der Waals surface area contributed by atoms with Crippen LogP contribution in [0, 0.1) is 0 Å². The number of halogens is 1. The van der Waals surface area contributed by atoms with Crippen molar-refractivity contribution in [2.24, 2.45) is 5.73 Å². The van der Waals surface area contributed by atoms with E-state index >= 15 is 0 Å².